The van der Waals surface area contributed by atoms with E-state index in [4.69, 9.17) is 0 Å². The van der Waals surface area contributed by atoms with Gasteiger partial charge >= 0.3 is 6.18 Å². The molecule has 0 aromatic carbocycles. The average Bonchev–Trinajstić information content (AvgIpc) is 2.47. The van der Waals surface area contributed by atoms with Crippen LogP contribution in [0, 0.1) is 5.92 Å². The van der Waals surface area contributed by atoms with E-state index in [2.05, 4.69) is 10.6 Å². The highest BCUT2D eigenvalue weighted by molar-refractivity contribution is 4.90. The van der Waals surface area contributed by atoms with E-state index in [1.807, 2.05) is 0 Å². The molecular weight excluding hydrogens is 277 g/mol. The Labute approximate surface area is 126 Å². The lowest BCUT2D eigenvalue weighted by atomic mass is 9.77. The van der Waals surface area contributed by atoms with Crippen molar-refractivity contribution in [3.05, 3.63) is 0 Å². The number of halogens is 3. The van der Waals surface area contributed by atoms with Gasteiger partial charge in [-0.05, 0) is 57.5 Å². The molecule has 0 amide bonds. The maximum Gasteiger partial charge on any atom is 0.389 e. The van der Waals surface area contributed by atoms with Crippen molar-refractivity contribution in [1.29, 1.82) is 0 Å². The van der Waals surface area contributed by atoms with E-state index < -0.39 is 12.6 Å². The molecule has 2 N–H and O–H groups in total. The van der Waals surface area contributed by atoms with E-state index in [1.165, 1.54) is 44.9 Å². The van der Waals surface area contributed by atoms with E-state index in [0.717, 1.165) is 13.1 Å². The molecule has 1 saturated carbocycles. The lowest BCUT2D eigenvalue weighted by Crippen LogP contribution is -2.50. The number of unbranched alkanes of at least 4 members (excludes halogenated alkanes) is 1. The molecule has 2 rings (SSSR count). The summed E-state index contributed by atoms with van der Waals surface area (Å²) in [5.41, 5.74) is 0. The van der Waals surface area contributed by atoms with Crippen LogP contribution in [0.15, 0.2) is 0 Å². The third-order valence-corrected chi connectivity index (χ3v) is 4.98. The summed E-state index contributed by atoms with van der Waals surface area (Å²) in [6.45, 7) is 1.85. The second-order valence-electron chi connectivity index (χ2n) is 6.64. The Morgan fingerprint density at radius 1 is 0.952 bits per heavy atom. The molecule has 2 aliphatic rings. The summed E-state index contributed by atoms with van der Waals surface area (Å²) in [6.07, 6.45) is 5.07. The van der Waals surface area contributed by atoms with Gasteiger partial charge in [0.2, 0.25) is 0 Å². The normalized spacial score (nSPS) is 31.3. The minimum absolute atomic E-state index is 0.246. The van der Waals surface area contributed by atoms with Gasteiger partial charge in [0.25, 0.3) is 0 Å². The summed E-state index contributed by atoms with van der Waals surface area (Å²) in [4.78, 5) is 0. The molecule has 0 radical (unpaired) electrons. The topological polar surface area (TPSA) is 24.1 Å². The summed E-state index contributed by atoms with van der Waals surface area (Å²) < 4.78 is 36.3. The second-order valence-corrected chi connectivity index (χ2v) is 6.64. The van der Waals surface area contributed by atoms with Crippen molar-refractivity contribution in [1.82, 2.24) is 10.6 Å². The van der Waals surface area contributed by atoms with Crippen molar-refractivity contribution in [2.75, 3.05) is 13.1 Å². The first kappa shape index (κ1) is 17.1. The molecule has 1 aliphatic heterocycles. The molecule has 124 valence electrons. The Morgan fingerprint density at radius 2 is 1.71 bits per heavy atom. The van der Waals surface area contributed by atoms with Crippen molar-refractivity contribution in [3.8, 4) is 0 Å². The molecule has 1 heterocycles. The smallest absolute Gasteiger partial charge is 0.314 e. The lowest BCUT2D eigenvalue weighted by Gasteiger charge is -2.40. The van der Waals surface area contributed by atoms with Crippen molar-refractivity contribution < 1.29 is 13.2 Å². The van der Waals surface area contributed by atoms with Gasteiger partial charge in [-0.25, -0.2) is 0 Å². The summed E-state index contributed by atoms with van der Waals surface area (Å²) in [6, 6.07) is 1.12. The van der Waals surface area contributed by atoms with Gasteiger partial charge in [0.15, 0.2) is 0 Å². The molecule has 2 fully saturated rings. The van der Waals surface area contributed by atoms with Gasteiger partial charge in [-0.3, -0.25) is 0 Å². The largest absolute Gasteiger partial charge is 0.389 e. The van der Waals surface area contributed by atoms with Gasteiger partial charge in [-0.15, -0.1) is 0 Å². The fraction of sp³-hybridized carbons (Fsp3) is 1.00. The average molecular weight is 306 g/mol. The van der Waals surface area contributed by atoms with Crippen LogP contribution in [-0.2, 0) is 0 Å². The molecular formula is C16H29F3N2. The monoisotopic (exact) mass is 306 g/mol. The van der Waals surface area contributed by atoms with E-state index in [9.17, 15) is 13.2 Å². The van der Waals surface area contributed by atoms with Crippen molar-refractivity contribution in [3.63, 3.8) is 0 Å². The highest BCUT2D eigenvalue weighted by Crippen LogP contribution is 2.30. The highest BCUT2D eigenvalue weighted by atomic mass is 19.4. The fourth-order valence-corrected chi connectivity index (χ4v) is 3.88. The first-order valence-electron chi connectivity index (χ1n) is 8.60. The van der Waals surface area contributed by atoms with Gasteiger partial charge in [0, 0.05) is 18.5 Å². The number of piperidine rings is 1. The van der Waals surface area contributed by atoms with Crippen LogP contribution in [0.5, 0.6) is 0 Å². The Kier molecular flexibility index (Phi) is 6.80. The zero-order chi connectivity index (χ0) is 15.1. The van der Waals surface area contributed by atoms with Gasteiger partial charge < -0.3 is 10.6 Å². The molecule has 0 spiro atoms. The van der Waals surface area contributed by atoms with E-state index in [1.54, 1.807) is 0 Å². The predicted octanol–water partition coefficient (Wildman–Crippen LogP) is 4.01. The second kappa shape index (κ2) is 8.37. The van der Waals surface area contributed by atoms with Crippen LogP contribution in [0.2, 0.25) is 0 Å². The Hall–Kier alpha value is -0.290. The third-order valence-electron chi connectivity index (χ3n) is 4.98. The molecule has 1 aliphatic carbocycles. The molecule has 2 nitrogen and oxygen atoms in total. The van der Waals surface area contributed by atoms with Crippen molar-refractivity contribution in [2.24, 2.45) is 5.92 Å². The van der Waals surface area contributed by atoms with Gasteiger partial charge in [0.05, 0.1) is 0 Å². The molecule has 3 unspecified atom stereocenters. The highest BCUT2D eigenvalue weighted by Gasteiger charge is 2.32. The van der Waals surface area contributed by atoms with Crippen LogP contribution >= 0.6 is 0 Å². The Balaban J connectivity index is 1.69. The number of hydrogen-bond acceptors (Lipinski definition) is 2. The predicted molar refractivity (Wildman–Crippen MR) is 79.3 cm³/mol. The minimum Gasteiger partial charge on any atom is -0.314 e. The quantitative estimate of drug-likeness (QED) is 0.725. The summed E-state index contributed by atoms with van der Waals surface area (Å²) in [5, 5.41) is 7.20. The van der Waals surface area contributed by atoms with Crippen molar-refractivity contribution >= 4 is 0 Å². The van der Waals surface area contributed by atoms with Crippen LogP contribution in [0.1, 0.15) is 64.2 Å². The zero-order valence-electron chi connectivity index (χ0n) is 12.9. The van der Waals surface area contributed by atoms with Gasteiger partial charge in [-0.1, -0.05) is 19.3 Å². The zero-order valence-corrected chi connectivity index (χ0v) is 12.9. The summed E-state index contributed by atoms with van der Waals surface area (Å²) in [7, 11) is 0. The van der Waals surface area contributed by atoms with Gasteiger partial charge in [0.1, 0.15) is 0 Å². The molecule has 5 heteroatoms. The van der Waals surface area contributed by atoms with Crippen LogP contribution in [-0.4, -0.2) is 31.3 Å². The number of rotatable bonds is 6. The van der Waals surface area contributed by atoms with E-state index >= 15 is 0 Å². The maximum atomic E-state index is 12.1. The van der Waals surface area contributed by atoms with Gasteiger partial charge in [-0.2, -0.15) is 13.2 Å². The van der Waals surface area contributed by atoms with Crippen LogP contribution in [0.4, 0.5) is 13.2 Å². The Bertz CT molecular complexity index is 288. The molecule has 0 aromatic heterocycles. The first-order valence-corrected chi connectivity index (χ1v) is 8.60. The molecule has 21 heavy (non-hydrogen) atoms. The lowest BCUT2D eigenvalue weighted by molar-refractivity contribution is -0.135. The molecule has 3 atom stereocenters. The van der Waals surface area contributed by atoms with Crippen molar-refractivity contribution in [2.45, 2.75) is 82.5 Å². The van der Waals surface area contributed by atoms with E-state index in [0.29, 0.717) is 24.4 Å². The minimum atomic E-state index is -4.00. The van der Waals surface area contributed by atoms with Crippen LogP contribution < -0.4 is 10.6 Å². The maximum absolute atomic E-state index is 12.1. The Morgan fingerprint density at radius 3 is 2.43 bits per heavy atom. The van der Waals surface area contributed by atoms with E-state index in [-0.39, 0.29) is 6.42 Å². The molecule has 0 bridgehead atoms. The third kappa shape index (κ3) is 6.15. The summed E-state index contributed by atoms with van der Waals surface area (Å²) >= 11 is 0. The SMILES string of the molecule is FC(F)(F)CCCCNC1CCCCC1C1CCCCN1. The summed E-state index contributed by atoms with van der Waals surface area (Å²) in [5.74, 6) is 0.668. The molecule has 1 saturated heterocycles. The van der Waals surface area contributed by atoms with Crippen LogP contribution in [0.25, 0.3) is 0 Å². The molecule has 0 aromatic rings. The first-order chi connectivity index (χ1) is 10.1. The van der Waals surface area contributed by atoms with Crippen LogP contribution in [0.3, 0.4) is 0 Å². The number of nitrogens with one attached hydrogen (secondary N) is 2. The standard InChI is InChI=1S/C16H29F3N2/c17-16(18,19)10-4-6-12-21-14-8-2-1-7-13(14)15-9-3-5-11-20-15/h13-15,20-21H,1-12H2. The fourth-order valence-electron chi connectivity index (χ4n) is 3.88. The number of alkyl halides is 3. The number of hydrogen-bond donors (Lipinski definition) is 2.